The van der Waals surface area contributed by atoms with Crippen molar-refractivity contribution in [1.82, 2.24) is 5.32 Å². The summed E-state index contributed by atoms with van der Waals surface area (Å²) in [7, 11) is 1.64. The van der Waals surface area contributed by atoms with E-state index in [0.29, 0.717) is 12.3 Å². The lowest BCUT2D eigenvalue weighted by molar-refractivity contribution is -0.127. The highest BCUT2D eigenvalue weighted by Crippen LogP contribution is 2.16. The molecule has 5 heteroatoms. The van der Waals surface area contributed by atoms with Gasteiger partial charge in [-0.3, -0.25) is 4.79 Å². The van der Waals surface area contributed by atoms with Gasteiger partial charge in [0.15, 0.2) is 6.10 Å². The Bertz CT molecular complexity index is 643. The molecule has 23 heavy (non-hydrogen) atoms. The first-order valence-electron chi connectivity index (χ1n) is 7.41. The van der Waals surface area contributed by atoms with Crippen LogP contribution < -0.4 is 14.8 Å². The van der Waals surface area contributed by atoms with Crippen molar-refractivity contribution in [1.29, 1.82) is 0 Å². The number of hydrogen-bond donors (Lipinski definition) is 1. The molecule has 0 fully saturated rings. The molecular weight excluding hydrogens is 405 g/mol. The predicted molar refractivity (Wildman–Crippen MR) is 99.0 cm³/mol. The minimum Gasteiger partial charge on any atom is -0.497 e. The summed E-state index contributed by atoms with van der Waals surface area (Å²) >= 11 is 2.21. The lowest BCUT2D eigenvalue weighted by Crippen LogP contribution is -2.37. The Morgan fingerprint density at radius 1 is 1.17 bits per heavy atom. The second-order valence-electron chi connectivity index (χ2n) is 5.11. The molecule has 0 heterocycles. The van der Waals surface area contributed by atoms with Crippen LogP contribution in [0.1, 0.15) is 12.5 Å². The van der Waals surface area contributed by atoms with E-state index >= 15 is 0 Å². The fourth-order valence-corrected chi connectivity index (χ4v) is 2.58. The number of rotatable bonds is 7. The number of amides is 1. The molecule has 122 valence electrons. The third kappa shape index (κ3) is 5.74. The molecule has 0 aromatic heterocycles. The van der Waals surface area contributed by atoms with Gasteiger partial charge in [0.25, 0.3) is 5.91 Å². The van der Waals surface area contributed by atoms with Crippen molar-refractivity contribution in [2.45, 2.75) is 19.4 Å². The Hall–Kier alpha value is -1.76. The van der Waals surface area contributed by atoms with E-state index in [4.69, 9.17) is 9.47 Å². The van der Waals surface area contributed by atoms with Crippen molar-refractivity contribution in [2.24, 2.45) is 0 Å². The summed E-state index contributed by atoms with van der Waals surface area (Å²) in [5.74, 6) is 1.42. The molecule has 0 aliphatic rings. The molecule has 0 aliphatic carbocycles. The summed E-state index contributed by atoms with van der Waals surface area (Å²) in [6.45, 7) is 2.33. The summed E-state index contributed by atoms with van der Waals surface area (Å²) in [5, 5.41) is 2.90. The Kier molecular flexibility index (Phi) is 6.70. The summed E-state index contributed by atoms with van der Waals surface area (Å²) in [5.41, 5.74) is 1.15. The van der Waals surface area contributed by atoms with Gasteiger partial charge in [-0.25, -0.2) is 0 Å². The monoisotopic (exact) mass is 425 g/mol. The highest BCUT2D eigenvalue weighted by molar-refractivity contribution is 14.1. The van der Waals surface area contributed by atoms with E-state index in [-0.39, 0.29) is 5.91 Å². The second-order valence-corrected chi connectivity index (χ2v) is 6.35. The normalized spacial score (nSPS) is 11.6. The predicted octanol–water partition coefficient (Wildman–Crippen LogP) is 3.43. The van der Waals surface area contributed by atoms with Crippen molar-refractivity contribution in [3.05, 3.63) is 57.7 Å². The zero-order valence-corrected chi connectivity index (χ0v) is 15.4. The number of nitrogens with one attached hydrogen (secondary N) is 1. The first-order chi connectivity index (χ1) is 11.1. The molecule has 0 saturated carbocycles. The number of ether oxygens (including phenoxy) is 2. The number of benzene rings is 2. The van der Waals surface area contributed by atoms with Crippen LogP contribution in [0.2, 0.25) is 0 Å². The fraction of sp³-hybridized carbons (Fsp3) is 0.278. The molecule has 0 saturated heterocycles. The van der Waals surface area contributed by atoms with Gasteiger partial charge in [0.2, 0.25) is 0 Å². The zero-order chi connectivity index (χ0) is 16.7. The minimum atomic E-state index is -0.524. The Morgan fingerprint density at radius 3 is 2.57 bits per heavy atom. The van der Waals surface area contributed by atoms with Crippen LogP contribution in [0.4, 0.5) is 0 Å². The van der Waals surface area contributed by atoms with E-state index in [9.17, 15) is 4.79 Å². The molecular formula is C18H20INO3. The van der Waals surface area contributed by atoms with Gasteiger partial charge in [-0.15, -0.1) is 0 Å². The zero-order valence-electron chi connectivity index (χ0n) is 13.2. The molecule has 0 aliphatic heterocycles. The van der Waals surface area contributed by atoms with Crippen LogP contribution in [0.5, 0.6) is 11.5 Å². The van der Waals surface area contributed by atoms with Crippen LogP contribution in [0, 0.1) is 3.57 Å². The van der Waals surface area contributed by atoms with Crippen LogP contribution >= 0.6 is 22.6 Å². The minimum absolute atomic E-state index is 0.114. The van der Waals surface area contributed by atoms with E-state index in [0.717, 1.165) is 21.3 Å². The van der Waals surface area contributed by atoms with E-state index in [1.54, 1.807) is 14.0 Å². The highest BCUT2D eigenvalue weighted by atomic mass is 127. The highest BCUT2D eigenvalue weighted by Gasteiger charge is 2.14. The van der Waals surface area contributed by atoms with Gasteiger partial charge in [0, 0.05) is 10.1 Å². The quantitative estimate of drug-likeness (QED) is 0.692. The Morgan fingerprint density at radius 2 is 1.91 bits per heavy atom. The first kappa shape index (κ1) is 17.6. The maximum atomic E-state index is 12.1. The van der Waals surface area contributed by atoms with Gasteiger partial charge in [-0.05, 0) is 71.8 Å². The lowest BCUT2D eigenvalue weighted by atomic mass is 10.1. The van der Waals surface area contributed by atoms with Gasteiger partial charge < -0.3 is 14.8 Å². The van der Waals surface area contributed by atoms with Crippen molar-refractivity contribution < 1.29 is 14.3 Å². The molecule has 4 nitrogen and oxygen atoms in total. The summed E-state index contributed by atoms with van der Waals surface area (Å²) < 4.78 is 11.9. The maximum absolute atomic E-state index is 12.1. The molecule has 0 radical (unpaired) electrons. The first-order valence-corrected chi connectivity index (χ1v) is 8.49. The van der Waals surface area contributed by atoms with Crippen LogP contribution in [0.25, 0.3) is 0 Å². The number of methoxy groups -OCH3 is 1. The van der Waals surface area contributed by atoms with Crippen LogP contribution in [-0.4, -0.2) is 25.7 Å². The molecule has 1 atom stereocenters. The topological polar surface area (TPSA) is 47.6 Å². The largest absolute Gasteiger partial charge is 0.497 e. The van der Waals surface area contributed by atoms with E-state index in [1.165, 1.54) is 0 Å². The number of halogens is 1. The van der Waals surface area contributed by atoms with Crippen molar-refractivity contribution in [3.8, 4) is 11.5 Å². The molecule has 0 bridgehead atoms. The molecule has 1 N–H and O–H groups in total. The lowest BCUT2D eigenvalue weighted by Gasteiger charge is -2.15. The van der Waals surface area contributed by atoms with Crippen molar-refractivity contribution in [2.75, 3.05) is 13.7 Å². The second kappa shape index (κ2) is 8.76. The van der Waals surface area contributed by atoms with E-state index < -0.39 is 6.10 Å². The molecule has 2 aromatic rings. The van der Waals surface area contributed by atoms with Gasteiger partial charge in [-0.1, -0.05) is 18.2 Å². The number of hydrogen-bond acceptors (Lipinski definition) is 3. The van der Waals surface area contributed by atoms with E-state index in [2.05, 4.69) is 27.9 Å². The smallest absolute Gasteiger partial charge is 0.260 e. The van der Waals surface area contributed by atoms with Crippen LogP contribution in [0.3, 0.4) is 0 Å². The third-order valence-electron chi connectivity index (χ3n) is 3.35. The molecule has 1 amide bonds. The third-order valence-corrected chi connectivity index (χ3v) is 4.02. The van der Waals surface area contributed by atoms with Crippen LogP contribution in [-0.2, 0) is 11.2 Å². The van der Waals surface area contributed by atoms with Crippen molar-refractivity contribution >= 4 is 28.5 Å². The van der Waals surface area contributed by atoms with Gasteiger partial charge in [0.1, 0.15) is 11.5 Å². The Labute approximate surface area is 150 Å². The van der Waals surface area contributed by atoms with Gasteiger partial charge in [-0.2, -0.15) is 0 Å². The number of carbonyl (C=O) groups excluding carboxylic acids is 1. The Balaban J connectivity index is 1.77. The van der Waals surface area contributed by atoms with Gasteiger partial charge >= 0.3 is 0 Å². The summed E-state index contributed by atoms with van der Waals surface area (Å²) in [6, 6.07) is 15.5. The molecule has 2 aromatic carbocycles. The number of carbonyl (C=O) groups is 1. The van der Waals surface area contributed by atoms with Gasteiger partial charge in [0.05, 0.1) is 7.11 Å². The van der Waals surface area contributed by atoms with Crippen LogP contribution in [0.15, 0.2) is 48.5 Å². The SMILES string of the molecule is COc1ccc(CCNC(=O)[C@@H](C)Oc2cccc(I)c2)cc1. The fourth-order valence-electron chi connectivity index (χ4n) is 2.06. The maximum Gasteiger partial charge on any atom is 0.260 e. The van der Waals surface area contributed by atoms with Crippen molar-refractivity contribution in [3.63, 3.8) is 0 Å². The van der Waals surface area contributed by atoms with E-state index in [1.807, 2.05) is 48.5 Å². The summed E-state index contributed by atoms with van der Waals surface area (Å²) in [6.07, 6.45) is 0.246. The summed E-state index contributed by atoms with van der Waals surface area (Å²) in [4.78, 5) is 12.1. The standard InChI is InChI=1S/C18H20INO3/c1-13(23-17-5-3-4-15(19)12-17)18(21)20-11-10-14-6-8-16(22-2)9-7-14/h3-9,12-13H,10-11H2,1-2H3,(H,20,21)/t13-/m1/s1. The average molecular weight is 425 g/mol. The average Bonchev–Trinajstić information content (AvgIpc) is 2.55. The molecule has 0 spiro atoms. The molecule has 0 unspecified atom stereocenters. The molecule has 2 rings (SSSR count).